The van der Waals surface area contributed by atoms with E-state index in [-0.39, 0.29) is 0 Å². The number of benzene rings is 8. The van der Waals surface area contributed by atoms with Crippen LogP contribution < -0.4 is 4.90 Å². The van der Waals surface area contributed by atoms with Crippen LogP contribution in [0.2, 0.25) is 0 Å². The van der Waals surface area contributed by atoms with Crippen LogP contribution in [-0.2, 0) is 18.3 Å². The van der Waals surface area contributed by atoms with Gasteiger partial charge in [0, 0.05) is 17.1 Å². The molecule has 0 fully saturated rings. The normalized spacial score (nSPS) is 14.1. The number of nitrogens with zero attached hydrogens (tertiary/aromatic N) is 1. The van der Waals surface area contributed by atoms with E-state index in [2.05, 4.69) is 193 Å². The molecule has 0 aromatic heterocycles. The van der Waals surface area contributed by atoms with Crippen molar-refractivity contribution in [3.63, 3.8) is 0 Å². The number of rotatable bonds is 5. The second-order valence-corrected chi connectivity index (χ2v) is 15.0. The first-order chi connectivity index (χ1) is 26.8. The Balaban J connectivity index is 1.14. The fraction of sp³-hybridized carbons (Fsp3) is 0.0943. The molecule has 54 heavy (non-hydrogen) atoms. The molecule has 0 heterocycles. The molecule has 8 aromatic rings. The summed E-state index contributed by atoms with van der Waals surface area (Å²) in [5, 5.41) is 0. The van der Waals surface area contributed by atoms with Gasteiger partial charge in [-0.15, -0.1) is 0 Å². The average molecular weight is 690 g/mol. The predicted molar refractivity (Wildman–Crippen MR) is 225 cm³/mol. The van der Waals surface area contributed by atoms with Crippen molar-refractivity contribution in [2.24, 2.45) is 0 Å². The topological polar surface area (TPSA) is 3.24 Å². The third-order valence-electron chi connectivity index (χ3n) is 12.3. The Bertz CT molecular complexity index is 2660. The van der Waals surface area contributed by atoms with Crippen LogP contribution in [0.15, 0.2) is 188 Å². The molecular weight excluding hydrogens is 651 g/mol. The van der Waals surface area contributed by atoms with Crippen molar-refractivity contribution < 1.29 is 0 Å². The van der Waals surface area contributed by atoms with Crippen LogP contribution in [0.3, 0.4) is 0 Å². The minimum absolute atomic E-state index is 0.447. The van der Waals surface area contributed by atoms with E-state index < -0.39 is 5.41 Å². The molecule has 3 aliphatic carbocycles. The van der Waals surface area contributed by atoms with Crippen molar-refractivity contribution in [2.75, 3.05) is 4.90 Å². The summed E-state index contributed by atoms with van der Waals surface area (Å²) in [5.74, 6) is 0. The Morgan fingerprint density at radius 3 is 1.67 bits per heavy atom. The quantitative estimate of drug-likeness (QED) is 0.174. The lowest BCUT2D eigenvalue weighted by Gasteiger charge is -2.32. The van der Waals surface area contributed by atoms with E-state index in [1.807, 2.05) is 0 Å². The van der Waals surface area contributed by atoms with E-state index in [0.717, 1.165) is 17.1 Å². The lowest BCUT2D eigenvalue weighted by atomic mass is 9.70. The minimum Gasteiger partial charge on any atom is -0.310 e. The first-order valence-electron chi connectivity index (χ1n) is 19.4. The largest absolute Gasteiger partial charge is 0.310 e. The van der Waals surface area contributed by atoms with Gasteiger partial charge in [-0.05, 0) is 140 Å². The monoisotopic (exact) mass is 689 g/mol. The maximum absolute atomic E-state index is 2.50. The molecule has 3 aliphatic rings. The van der Waals surface area contributed by atoms with Crippen LogP contribution in [0.1, 0.15) is 46.2 Å². The highest BCUT2D eigenvalue weighted by molar-refractivity contribution is 6.01. The van der Waals surface area contributed by atoms with Gasteiger partial charge in [0.05, 0.1) is 5.41 Å². The Labute approximate surface area is 317 Å². The highest BCUT2D eigenvalue weighted by Gasteiger charge is 2.52. The Kier molecular flexibility index (Phi) is 7.10. The van der Waals surface area contributed by atoms with Gasteiger partial charge in [-0.3, -0.25) is 0 Å². The molecule has 0 N–H and O–H groups in total. The number of hydrogen-bond acceptors (Lipinski definition) is 1. The molecule has 0 aliphatic heterocycles. The van der Waals surface area contributed by atoms with Crippen LogP contribution in [0.4, 0.5) is 17.1 Å². The van der Waals surface area contributed by atoms with Crippen molar-refractivity contribution in [3.05, 3.63) is 221 Å². The second-order valence-electron chi connectivity index (χ2n) is 15.0. The van der Waals surface area contributed by atoms with Crippen molar-refractivity contribution in [1.82, 2.24) is 0 Å². The number of anilines is 3. The Morgan fingerprint density at radius 1 is 0.352 bits per heavy atom. The molecule has 1 spiro atoms. The zero-order chi connectivity index (χ0) is 35.6. The molecule has 1 nitrogen and oxygen atoms in total. The van der Waals surface area contributed by atoms with E-state index in [1.165, 1.54) is 104 Å². The zero-order valence-electron chi connectivity index (χ0n) is 30.2. The molecule has 11 rings (SSSR count). The highest BCUT2D eigenvalue weighted by atomic mass is 15.1. The maximum atomic E-state index is 2.50. The summed E-state index contributed by atoms with van der Waals surface area (Å²) in [6, 6.07) is 70.3. The molecular formula is C53H39N. The van der Waals surface area contributed by atoms with Crippen molar-refractivity contribution in [1.29, 1.82) is 0 Å². The summed E-state index contributed by atoms with van der Waals surface area (Å²) in [6.45, 7) is 0. The first-order valence-corrected chi connectivity index (χ1v) is 19.4. The van der Waals surface area contributed by atoms with E-state index in [0.29, 0.717) is 0 Å². The molecule has 0 amide bonds. The molecule has 8 aromatic carbocycles. The zero-order valence-corrected chi connectivity index (χ0v) is 30.2. The van der Waals surface area contributed by atoms with Crippen LogP contribution in [0.25, 0.3) is 44.5 Å². The molecule has 0 atom stereocenters. The van der Waals surface area contributed by atoms with Crippen molar-refractivity contribution in [2.45, 2.75) is 31.1 Å². The number of fused-ring (bicyclic) bond motifs is 11. The van der Waals surface area contributed by atoms with Gasteiger partial charge in [-0.25, -0.2) is 0 Å². The molecule has 0 saturated heterocycles. The lowest BCUT2D eigenvalue weighted by Crippen LogP contribution is -2.26. The maximum Gasteiger partial charge on any atom is 0.0726 e. The molecule has 0 saturated carbocycles. The first kappa shape index (κ1) is 31.1. The summed E-state index contributed by atoms with van der Waals surface area (Å²) in [7, 11) is 0. The van der Waals surface area contributed by atoms with E-state index in [4.69, 9.17) is 0 Å². The second kappa shape index (κ2) is 12.3. The van der Waals surface area contributed by atoms with Crippen LogP contribution >= 0.6 is 0 Å². The summed E-state index contributed by atoms with van der Waals surface area (Å²) in [4.78, 5) is 2.44. The molecule has 1 heteroatoms. The lowest BCUT2D eigenvalue weighted by molar-refractivity contribution is 0.687. The SMILES string of the molecule is c1ccc(-c2cccc3c2-c2ccc(N(c4ccccc4)c4ccc(-c5cccc6c5CCCC6)cc4)cc2C32c3ccccc3-c3ccccc32)cc1. The van der Waals surface area contributed by atoms with Crippen LogP contribution in [-0.4, -0.2) is 0 Å². The third-order valence-corrected chi connectivity index (χ3v) is 12.3. The van der Waals surface area contributed by atoms with Gasteiger partial charge < -0.3 is 4.90 Å². The summed E-state index contributed by atoms with van der Waals surface area (Å²) >= 11 is 0. The standard InChI is InChI=1S/C53H39N/c1-3-15-37(16-4-1)44-25-14-28-50-52(44)47-34-33-41(35-51(47)53(50)48-26-11-9-22-45(48)46-23-10-12-27-49(46)53)54(39-19-5-2-6-20-39)40-31-29-38(30-32-40)43-24-13-18-36-17-7-8-21-42(36)43/h1-6,9-16,18-20,22-35H,7-8,17,21H2. The van der Waals surface area contributed by atoms with Gasteiger partial charge in [0.1, 0.15) is 0 Å². The number of aryl methyl sites for hydroxylation is 1. The van der Waals surface area contributed by atoms with Gasteiger partial charge in [0.2, 0.25) is 0 Å². The van der Waals surface area contributed by atoms with Gasteiger partial charge in [-0.2, -0.15) is 0 Å². The number of hydrogen-bond donors (Lipinski definition) is 0. The van der Waals surface area contributed by atoms with Crippen LogP contribution in [0.5, 0.6) is 0 Å². The van der Waals surface area contributed by atoms with Crippen molar-refractivity contribution >= 4 is 17.1 Å². The Hall–Kier alpha value is -6.44. The van der Waals surface area contributed by atoms with Gasteiger partial charge in [0.15, 0.2) is 0 Å². The van der Waals surface area contributed by atoms with E-state index >= 15 is 0 Å². The average Bonchev–Trinajstić information content (AvgIpc) is 3.72. The van der Waals surface area contributed by atoms with Gasteiger partial charge in [-0.1, -0.05) is 152 Å². The van der Waals surface area contributed by atoms with Crippen LogP contribution in [0, 0.1) is 0 Å². The van der Waals surface area contributed by atoms with Gasteiger partial charge in [0.25, 0.3) is 0 Å². The highest BCUT2D eigenvalue weighted by Crippen LogP contribution is 2.64. The van der Waals surface area contributed by atoms with E-state index in [9.17, 15) is 0 Å². The molecule has 0 radical (unpaired) electrons. The minimum atomic E-state index is -0.447. The smallest absolute Gasteiger partial charge is 0.0726 e. The third kappa shape index (κ3) is 4.51. The van der Waals surface area contributed by atoms with Gasteiger partial charge >= 0.3 is 0 Å². The number of para-hydroxylation sites is 1. The Morgan fingerprint density at radius 2 is 0.907 bits per heavy atom. The molecule has 0 bridgehead atoms. The fourth-order valence-corrected chi connectivity index (χ4v) is 10.0. The van der Waals surface area contributed by atoms with E-state index in [1.54, 1.807) is 0 Å². The predicted octanol–water partition coefficient (Wildman–Crippen LogP) is 13.7. The fourth-order valence-electron chi connectivity index (χ4n) is 10.0. The summed E-state index contributed by atoms with van der Waals surface area (Å²) < 4.78 is 0. The molecule has 256 valence electrons. The van der Waals surface area contributed by atoms with Crippen molar-refractivity contribution in [3.8, 4) is 44.5 Å². The summed E-state index contributed by atoms with van der Waals surface area (Å²) in [6.07, 6.45) is 4.92. The summed E-state index contributed by atoms with van der Waals surface area (Å²) in [5.41, 5.74) is 21.9. The molecule has 0 unspecified atom stereocenters.